The molecule has 0 aliphatic rings. The van der Waals surface area contributed by atoms with Crippen LogP contribution < -0.4 is 4.72 Å². The van der Waals surface area contributed by atoms with Gasteiger partial charge < -0.3 is 4.52 Å². The molecule has 0 unspecified atom stereocenters. The Hall–Kier alpha value is -2.60. The molecule has 0 saturated heterocycles. The van der Waals surface area contributed by atoms with Crippen LogP contribution >= 0.6 is 0 Å². The van der Waals surface area contributed by atoms with Crippen LogP contribution in [0, 0.1) is 20.8 Å². The highest BCUT2D eigenvalue weighted by molar-refractivity contribution is 7.92. The van der Waals surface area contributed by atoms with E-state index in [4.69, 9.17) is 4.52 Å². The second kappa shape index (κ2) is 6.96. The molecule has 2 aromatic carbocycles. The number of rotatable bonds is 5. The summed E-state index contributed by atoms with van der Waals surface area (Å²) >= 11 is 0. The van der Waals surface area contributed by atoms with E-state index in [0.717, 1.165) is 22.4 Å². The molecule has 1 N–H and O–H groups in total. The van der Waals surface area contributed by atoms with E-state index in [1.807, 2.05) is 52.0 Å². The average molecular weight is 370 g/mol. The minimum Gasteiger partial charge on any atom is -0.356 e. The second-order valence-electron chi connectivity index (χ2n) is 6.41. The number of anilines is 1. The van der Waals surface area contributed by atoms with Gasteiger partial charge in [-0.25, -0.2) is 8.42 Å². The maximum absolute atomic E-state index is 13.0. The van der Waals surface area contributed by atoms with E-state index in [9.17, 15) is 8.42 Å². The highest BCUT2D eigenvalue weighted by Crippen LogP contribution is 2.28. The number of benzene rings is 2. The number of sulfonamides is 1. The van der Waals surface area contributed by atoms with Crippen molar-refractivity contribution in [1.82, 2.24) is 5.16 Å². The minimum absolute atomic E-state index is 0.254. The van der Waals surface area contributed by atoms with E-state index < -0.39 is 10.0 Å². The largest absolute Gasteiger partial charge is 0.356 e. The molecule has 0 aliphatic heterocycles. The predicted octanol–water partition coefficient (Wildman–Crippen LogP) is 4.63. The zero-order valence-corrected chi connectivity index (χ0v) is 16.1. The highest BCUT2D eigenvalue weighted by atomic mass is 32.2. The second-order valence-corrected chi connectivity index (χ2v) is 8.06. The molecule has 1 aromatic heterocycles. The zero-order valence-electron chi connectivity index (χ0n) is 15.3. The average Bonchev–Trinajstić information content (AvgIpc) is 3.04. The fourth-order valence-electron chi connectivity index (χ4n) is 2.76. The molecule has 3 aromatic rings. The summed E-state index contributed by atoms with van der Waals surface area (Å²) in [6.45, 7) is 7.71. The molecule has 26 heavy (non-hydrogen) atoms. The Balaban J connectivity index is 2.03. The van der Waals surface area contributed by atoms with Crippen LogP contribution in [0.5, 0.6) is 0 Å². The van der Waals surface area contributed by atoms with Crippen LogP contribution in [0.25, 0.3) is 11.3 Å². The lowest BCUT2D eigenvalue weighted by atomic mass is 10.1. The summed E-state index contributed by atoms with van der Waals surface area (Å²) < 4.78 is 34.0. The maximum atomic E-state index is 13.0. The first-order chi connectivity index (χ1) is 12.3. The molecular weight excluding hydrogens is 348 g/mol. The van der Waals surface area contributed by atoms with Crippen LogP contribution in [-0.4, -0.2) is 13.6 Å². The van der Waals surface area contributed by atoms with E-state index in [0.29, 0.717) is 23.4 Å². The van der Waals surface area contributed by atoms with Crippen molar-refractivity contribution in [3.63, 3.8) is 0 Å². The summed E-state index contributed by atoms with van der Waals surface area (Å²) in [7, 11) is -3.72. The molecule has 6 heteroatoms. The lowest BCUT2D eigenvalue weighted by Gasteiger charge is -2.13. The molecule has 0 aliphatic carbocycles. The monoisotopic (exact) mass is 370 g/mol. The van der Waals surface area contributed by atoms with Gasteiger partial charge in [0.05, 0.1) is 10.6 Å². The normalized spacial score (nSPS) is 11.5. The molecule has 136 valence electrons. The number of hydrogen-bond acceptors (Lipinski definition) is 4. The number of nitrogens with one attached hydrogen (secondary N) is 1. The first-order valence-corrected chi connectivity index (χ1v) is 9.95. The molecule has 0 radical (unpaired) electrons. The standard InChI is InChI=1S/C20H22N2O3S/c1-5-16-7-8-17(19-11-15(4)21-25-19)12-20(16)26(23,24)22-18-9-6-13(2)14(3)10-18/h6-12,22H,5H2,1-4H3. The smallest absolute Gasteiger partial charge is 0.262 e. The van der Waals surface area contributed by atoms with Crippen LogP contribution in [0.15, 0.2) is 51.9 Å². The molecule has 0 bridgehead atoms. The van der Waals surface area contributed by atoms with Crippen LogP contribution in [0.1, 0.15) is 29.3 Å². The fourth-order valence-corrected chi connectivity index (χ4v) is 4.15. The van der Waals surface area contributed by atoms with Crippen molar-refractivity contribution in [2.24, 2.45) is 0 Å². The van der Waals surface area contributed by atoms with Gasteiger partial charge in [0.25, 0.3) is 10.0 Å². The molecule has 0 amide bonds. The van der Waals surface area contributed by atoms with Gasteiger partial charge in [-0.2, -0.15) is 0 Å². The van der Waals surface area contributed by atoms with Crippen LogP contribution in [0.4, 0.5) is 5.69 Å². The first kappa shape index (κ1) is 18.2. The van der Waals surface area contributed by atoms with Gasteiger partial charge in [0, 0.05) is 17.3 Å². The number of nitrogens with zero attached hydrogens (tertiary/aromatic N) is 1. The molecule has 0 fully saturated rings. The molecule has 0 atom stereocenters. The van der Waals surface area contributed by atoms with E-state index in [1.54, 1.807) is 18.2 Å². The van der Waals surface area contributed by atoms with Crippen molar-refractivity contribution >= 4 is 15.7 Å². The van der Waals surface area contributed by atoms with Gasteiger partial charge >= 0.3 is 0 Å². The van der Waals surface area contributed by atoms with E-state index in [1.165, 1.54) is 0 Å². The van der Waals surface area contributed by atoms with Crippen molar-refractivity contribution in [3.8, 4) is 11.3 Å². The van der Waals surface area contributed by atoms with Gasteiger partial charge in [-0.3, -0.25) is 4.72 Å². The number of hydrogen-bond donors (Lipinski definition) is 1. The Morgan fingerprint density at radius 1 is 1.00 bits per heavy atom. The topological polar surface area (TPSA) is 72.2 Å². The summed E-state index contributed by atoms with van der Waals surface area (Å²) in [5.74, 6) is 0.549. The molecule has 5 nitrogen and oxygen atoms in total. The Morgan fingerprint density at radius 3 is 2.38 bits per heavy atom. The van der Waals surface area contributed by atoms with E-state index >= 15 is 0 Å². The Kier molecular flexibility index (Phi) is 4.87. The summed E-state index contributed by atoms with van der Waals surface area (Å²) in [5, 5.41) is 3.87. The van der Waals surface area contributed by atoms with Crippen LogP contribution in [0.2, 0.25) is 0 Å². The predicted molar refractivity (Wildman–Crippen MR) is 103 cm³/mol. The van der Waals surface area contributed by atoms with Crippen molar-refractivity contribution in [1.29, 1.82) is 0 Å². The molecular formula is C20H22N2O3S. The van der Waals surface area contributed by atoms with Crippen molar-refractivity contribution < 1.29 is 12.9 Å². The lowest BCUT2D eigenvalue weighted by molar-refractivity contribution is 0.427. The third-order valence-electron chi connectivity index (χ3n) is 4.41. The molecule has 1 heterocycles. The lowest BCUT2D eigenvalue weighted by Crippen LogP contribution is -2.15. The van der Waals surface area contributed by atoms with Gasteiger partial charge in [0.1, 0.15) is 0 Å². The third kappa shape index (κ3) is 3.65. The molecule has 0 spiro atoms. The zero-order chi connectivity index (χ0) is 18.9. The van der Waals surface area contributed by atoms with Gasteiger partial charge in [-0.15, -0.1) is 0 Å². The molecule has 3 rings (SSSR count). The van der Waals surface area contributed by atoms with Gasteiger partial charge in [0.15, 0.2) is 5.76 Å². The summed E-state index contributed by atoms with van der Waals surface area (Å²) in [6, 6.07) is 12.6. The first-order valence-electron chi connectivity index (χ1n) is 8.47. The van der Waals surface area contributed by atoms with Crippen molar-refractivity contribution in [2.45, 2.75) is 39.0 Å². The molecule has 0 saturated carbocycles. The van der Waals surface area contributed by atoms with Crippen molar-refractivity contribution in [3.05, 3.63) is 64.8 Å². The van der Waals surface area contributed by atoms with Gasteiger partial charge in [-0.1, -0.05) is 30.3 Å². The van der Waals surface area contributed by atoms with Crippen molar-refractivity contribution in [2.75, 3.05) is 4.72 Å². The highest BCUT2D eigenvalue weighted by Gasteiger charge is 2.20. The van der Waals surface area contributed by atoms with E-state index in [-0.39, 0.29) is 4.90 Å². The Labute approximate surface area is 154 Å². The Bertz CT molecular complexity index is 1050. The number of aromatic nitrogens is 1. The number of aryl methyl sites for hydroxylation is 4. The van der Waals surface area contributed by atoms with Crippen LogP contribution in [0.3, 0.4) is 0 Å². The Morgan fingerprint density at radius 2 is 1.77 bits per heavy atom. The van der Waals surface area contributed by atoms with Gasteiger partial charge in [0.2, 0.25) is 0 Å². The third-order valence-corrected chi connectivity index (χ3v) is 5.87. The SMILES string of the molecule is CCc1ccc(-c2cc(C)no2)cc1S(=O)(=O)Nc1ccc(C)c(C)c1. The van der Waals surface area contributed by atoms with Gasteiger partial charge in [-0.05, 0) is 62.1 Å². The maximum Gasteiger partial charge on any atom is 0.262 e. The van der Waals surface area contributed by atoms with E-state index in [2.05, 4.69) is 9.88 Å². The summed E-state index contributed by atoms with van der Waals surface area (Å²) in [5.41, 5.74) is 4.88. The quantitative estimate of drug-likeness (QED) is 0.711. The summed E-state index contributed by atoms with van der Waals surface area (Å²) in [4.78, 5) is 0.254. The summed E-state index contributed by atoms with van der Waals surface area (Å²) in [6.07, 6.45) is 0.610. The van der Waals surface area contributed by atoms with Crippen LogP contribution in [-0.2, 0) is 16.4 Å². The fraction of sp³-hybridized carbons (Fsp3) is 0.250. The minimum atomic E-state index is -3.72.